The highest BCUT2D eigenvalue weighted by molar-refractivity contribution is 5.74. The molecule has 20 heavy (non-hydrogen) atoms. The molecule has 0 bridgehead atoms. The van der Waals surface area contributed by atoms with E-state index in [9.17, 15) is 0 Å². The molecule has 2 rings (SSSR count). The molecule has 6 heteroatoms. The molecule has 0 fully saturated rings. The molecule has 1 unspecified atom stereocenters. The Kier molecular flexibility index (Phi) is 4.22. The van der Waals surface area contributed by atoms with Gasteiger partial charge in [0.15, 0.2) is 5.82 Å². The predicted octanol–water partition coefficient (Wildman–Crippen LogP) is 2.50. The molecular weight excluding hydrogens is 252 g/mol. The van der Waals surface area contributed by atoms with Crippen LogP contribution in [0.4, 0.5) is 11.4 Å². The van der Waals surface area contributed by atoms with Gasteiger partial charge in [-0.3, -0.25) is 0 Å². The minimum Gasteiger partial charge on any atom is -0.399 e. The van der Waals surface area contributed by atoms with Crippen LogP contribution in [-0.4, -0.2) is 20.2 Å². The van der Waals surface area contributed by atoms with Crippen molar-refractivity contribution < 1.29 is 0 Å². The fourth-order valence-electron chi connectivity index (χ4n) is 2.15. The van der Waals surface area contributed by atoms with Crippen molar-refractivity contribution in [1.29, 1.82) is 0 Å². The lowest BCUT2D eigenvalue weighted by Crippen LogP contribution is -2.11. The average Bonchev–Trinajstić information content (AvgIpc) is 2.85. The summed E-state index contributed by atoms with van der Waals surface area (Å²) in [5.74, 6) is 1.36. The Morgan fingerprint density at radius 2 is 1.90 bits per heavy atom. The second-order valence-electron chi connectivity index (χ2n) is 5.61. The normalized spacial score (nSPS) is 12.8. The molecule has 2 aromatic rings. The molecule has 0 aliphatic heterocycles. The SMILES string of the molecule is CC(C)CCC(C)n1nnnc1-c1ccc(N)cc1N. The zero-order valence-electron chi connectivity index (χ0n) is 12.2. The van der Waals surface area contributed by atoms with Crippen LogP contribution in [-0.2, 0) is 0 Å². The molecule has 108 valence electrons. The van der Waals surface area contributed by atoms with E-state index < -0.39 is 0 Å². The van der Waals surface area contributed by atoms with Crippen LogP contribution in [0.3, 0.4) is 0 Å². The first kappa shape index (κ1) is 14.3. The van der Waals surface area contributed by atoms with Crippen LogP contribution in [0.2, 0.25) is 0 Å². The van der Waals surface area contributed by atoms with Gasteiger partial charge in [0.2, 0.25) is 0 Å². The van der Waals surface area contributed by atoms with Crippen molar-refractivity contribution in [3.05, 3.63) is 18.2 Å². The van der Waals surface area contributed by atoms with Crippen LogP contribution in [0.25, 0.3) is 11.4 Å². The third-order valence-electron chi connectivity index (χ3n) is 3.39. The predicted molar refractivity (Wildman–Crippen MR) is 80.9 cm³/mol. The second-order valence-corrected chi connectivity index (χ2v) is 5.61. The summed E-state index contributed by atoms with van der Waals surface area (Å²) in [6.07, 6.45) is 2.17. The quantitative estimate of drug-likeness (QED) is 0.817. The number of aromatic nitrogens is 4. The highest BCUT2D eigenvalue weighted by Gasteiger charge is 2.16. The molecule has 1 aromatic carbocycles. The van der Waals surface area contributed by atoms with Crippen molar-refractivity contribution in [2.45, 2.75) is 39.7 Å². The largest absolute Gasteiger partial charge is 0.399 e. The van der Waals surface area contributed by atoms with E-state index in [4.69, 9.17) is 11.5 Å². The fourth-order valence-corrected chi connectivity index (χ4v) is 2.15. The van der Waals surface area contributed by atoms with Crippen molar-refractivity contribution in [3.8, 4) is 11.4 Å². The van der Waals surface area contributed by atoms with E-state index in [0.717, 1.165) is 18.4 Å². The first-order chi connectivity index (χ1) is 9.49. The lowest BCUT2D eigenvalue weighted by Gasteiger charge is -2.15. The van der Waals surface area contributed by atoms with E-state index in [1.807, 2.05) is 16.8 Å². The number of tetrazole rings is 1. The monoisotopic (exact) mass is 274 g/mol. The number of anilines is 2. The van der Waals surface area contributed by atoms with Gasteiger partial charge in [-0.15, -0.1) is 5.10 Å². The van der Waals surface area contributed by atoms with Crippen LogP contribution in [0, 0.1) is 5.92 Å². The Bertz CT molecular complexity index is 575. The smallest absolute Gasteiger partial charge is 0.184 e. The molecule has 0 spiro atoms. The fraction of sp³-hybridized carbons (Fsp3) is 0.500. The van der Waals surface area contributed by atoms with Crippen molar-refractivity contribution in [2.24, 2.45) is 5.92 Å². The standard InChI is InChI=1S/C14H22N6/c1-9(2)4-5-10(3)20-14(17-18-19-20)12-7-6-11(15)8-13(12)16/h6-10H,4-5,15-16H2,1-3H3. The molecule has 0 aliphatic carbocycles. The first-order valence-electron chi connectivity index (χ1n) is 6.92. The van der Waals surface area contributed by atoms with Gasteiger partial charge in [-0.25, -0.2) is 4.68 Å². The van der Waals surface area contributed by atoms with Gasteiger partial charge in [0, 0.05) is 16.9 Å². The van der Waals surface area contributed by atoms with Crippen molar-refractivity contribution >= 4 is 11.4 Å². The number of rotatable bonds is 5. The summed E-state index contributed by atoms with van der Waals surface area (Å²) in [4.78, 5) is 0. The minimum atomic E-state index is 0.236. The van der Waals surface area contributed by atoms with E-state index >= 15 is 0 Å². The molecule has 0 saturated heterocycles. The van der Waals surface area contributed by atoms with E-state index in [-0.39, 0.29) is 6.04 Å². The molecule has 0 saturated carbocycles. The summed E-state index contributed by atoms with van der Waals surface area (Å²) < 4.78 is 1.84. The lowest BCUT2D eigenvalue weighted by atomic mass is 10.0. The number of nitrogens with zero attached hydrogens (tertiary/aromatic N) is 4. The highest BCUT2D eigenvalue weighted by Crippen LogP contribution is 2.28. The summed E-state index contributed by atoms with van der Waals surface area (Å²) in [6.45, 7) is 6.55. The number of nitrogen functional groups attached to an aromatic ring is 2. The van der Waals surface area contributed by atoms with Crippen LogP contribution in [0.1, 0.15) is 39.7 Å². The van der Waals surface area contributed by atoms with Crippen molar-refractivity contribution in [3.63, 3.8) is 0 Å². The van der Waals surface area contributed by atoms with Gasteiger partial charge in [-0.1, -0.05) is 13.8 Å². The van der Waals surface area contributed by atoms with Crippen LogP contribution >= 0.6 is 0 Å². The third-order valence-corrected chi connectivity index (χ3v) is 3.39. The maximum atomic E-state index is 6.01. The van der Waals surface area contributed by atoms with E-state index in [1.54, 1.807) is 6.07 Å². The number of benzene rings is 1. The van der Waals surface area contributed by atoms with Gasteiger partial charge in [0.1, 0.15) is 0 Å². The Morgan fingerprint density at radius 1 is 1.15 bits per heavy atom. The average molecular weight is 274 g/mol. The van der Waals surface area contributed by atoms with Crippen LogP contribution in [0.15, 0.2) is 18.2 Å². The maximum Gasteiger partial charge on any atom is 0.184 e. The van der Waals surface area contributed by atoms with E-state index in [1.165, 1.54) is 0 Å². The molecule has 0 aliphatic rings. The van der Waals surface area contributed by atoms with E-state index in [2.05, 4.69) is 36.3 Å². The van der Waals surface area contributed by atoms with Crippen molar-refractivity contribution in [2.75, 3.05) is 11.5 Å². The second kappa shape index (κ2) is 5.90. The molecule has 1 heterocycles. The topological polar surface area (TPSA) is 95.6 Å². The van der Waals surface area contributed by atoms with Crippen LogP contribution in [0.5, 0.6) is 0 Å². The Labute approximate surface area is 119 Å². The van der Waals surface area contributed by atoms with Crippen molar-refractivity contribution in [1.82, 2.24) is 20.2 Å². The Hall–Kier alpha value is -2.11. The first-order valence-corrected chi connectivity index (χ1v) is 6.92. The maximum absolute atomic E-state index is 6.01. The zero-order valence-corrected chi connectivity index (χ0v) is 12.2. The number of nitrogens with two attached hydrogens (primary N) is 2. The lowest BCUT2D eigenvalue weighted by molar-refractivity contribution is 0.406. The van der Waals surface area contributed by atoms with Crippen LogP contribution < -0.4 is 11.5 Å². The van der Waals surface area contributed by atoms with E-state index in [0.29, 0.717) is 23.1 Å². The summed E-state index contributed by atoms with van der Waals surface area (Å²) >= 11 is 0. The van der Waals surface area contributed by atoms with Gasteiger partial charge >= 0.3 is 0 Å². The summed E-state index contributed by atoms with van der Waals surface area (Å²) in [5.41, 5.74) is 13.8. The zero-order chi connectivity index (χ0) is 14.7. The summed E-state index contributed by atoms with van der Waals surface area (Å²) in [5, 5.41) is 12.0. The molecule has 1 atom stereocenters. The molecule has 0 radical (unpaired) electrons. The minimum absolute atomic E-state index is 0.236. The highest BCUT2D eigenvalue weighted by atomic mass is 15.5. The Morgan fingerprint density at radius 3 is 2.55 bits per heavy atom. The molecular formula is C14H22N6. The summed E-state index contributed by atoms with van der Waals surface area (Å²) in [6, 6.07) is 5.64. The van der Waals surface area contributed by atoms with Gasteiger partial charge in [-0.05, 0) is 54.3 Å². The number of hydrogen-bond acceptors (Lipinski definition) is 5. The number of hydrogen-bond donors (Lipinski definition) is 2. The molecule has 6 nitrogen and oxygen atoms in total. The van der Waals surface area contributed by atoms with Gasteiger partial charge in [0.05, 0.1) is 6.04 Å². The third kappa shape index (κ3) is 3.07. The van der Waals surface area contributed by atoms with Gasteiger partial charge in [-0.2, -0.15) is 0 Å². The van der Waals surface area contributed by atoms with Gasteiger partial charge < -0.3 is 11.5 Å². The Balaban J connectivity index is 2.28. The summed E-state index contributed by atoms with van der Waals surface area (Å²) in [7, 11) is 0. The molecule has 0 amide bonds. The molecule has 4 N–H and O–H groups in total. The van der Waals surface area contributed by atoms with Gasteiger partial charge in [0.25, 0.3) is 0 Å². The molecule has 1 aromatic heterocycles.